The number of nitrogens with zero attached hydrogens (tertiary/aromatic N) is 2. The van der Waals surface area contributed by atoms with Crippen LogP contribution in [0.1, 0.15) is 11.1 Å². The first kappa shape index (κ1) is 16.0. The molecule has 0 saturated heterocycles. The standard InChI is InChI=1S/C20H21N3O/c1-14-8-9-15(2)18(12-14)22-20(24)13-23(3)19-11-10-16-6-4-5-7-17(16)21-19/h4-12H,13H2,1-3H3,(H,22,24). The van der Waals surface area contributed by atoms with Crippen molar-refractivity contribution in [1.29, 1.82) is 0 Å². The molecule has 4 nitrogen and oxygen atoms in total. The van der Waals surface area contributed by atoms with Gasteiger partial charge in [-0.3, -0.25) is 4.79 Å². The van der Waals surface area contributed by atoms with E-state index in [0.29, 0.717) is 0 Å². The number of para-hydroxylation sites is 1. The van der Waals surface area contributed by atoms with Crippen molar-refractivity contribution in [1.82, 2.24) is 4.98 Å². The number of carbonyl (C=O) groups is 1. The molecule has 0 atom stereocenters. The highest BCUT2D eigenvalue weighted by Gasteiger charge is 2.10. The summed E-state index contributed by atoms with van der Waals surface area (Å²) >= 11 is 0. The monoisotopic (exact) mass is 319 g/mol. The lowest BCUT2D eigenvalue weighted by Gasteiger charge is -2.18. The maximum absolute atomic E-state index is 12.3. The molecule has 4 heteroatoms. The Balaban J connectivity index is 1.72. The highest BCUT2D eigenvalue weighted by molar-refractivity contribution is 5.94. The zero-order chi connectivity index (χ0) is 17.1. The second kappa shape index (κ2) is 6.71. The van der Waals surface area contributed by atoms with Gasteiger partial charge in [0, 0.05) is 18.1 Å². The third kappa shape index (κ3) is 3.54. The Morgan fingerprint density at radius 3 is 2.71 bits per heavy atom. The van der Waals surface area contributed by atoms with Gasteiger partial charge in [-0.15, -0.1) is 0 Å². The van der Waals surface area contributed by atoms with Gasteiger partial charge in [0.2, 0.25) is 5.91 Å². The average molecular weight is 319 g/mol. The lowest BCUT2D eigenvalue weighted by Crippen LogP contribution is -2.30. The third-order valence-electron chi connectivity index (χ3n) is 4.02. The van der Waals surface area contributed by atoms with Crippen molar-refractivity contribution in [2.45, 2.75) is 13.8 Å². The second-order valence-corrected chi connectivity index (χ2v) is 6.08. The second-order valence-electron chi connectivity index (χ2n) is 6.08. The van der Waals surface area contributed by atoms with Gasteiger partial charge in [-0.2, -0.15) is 0 Å². The first-order valence-electron chi connectivity index (χ1n) is 7.97. The predicted octanol–water partition coefficient (Wildman–Crippen LogP) is 3.93. The third-order valence-corrected chi connectivity index (χ3v) is 4.02. The number of benzene rings is 2. The molecular formula is C20H21N3O. The van der Waals surface area contributed by atoms with Crippen LogP contribution in [0.15, 0.2) is 54.6 Å². The summed E-state index contributed by atoms with van der Waals surface area (Å²) in [6.07, 6.45) is 0. The van der Waals surface area contributed by atoms with Crippen molar-refractivity contribution in [2.24, 2.45) is 0 Å². The van der Waals surface area contributed by atoms with Crippen LogP contribution in [0.5, 0.6) is 0 Å². The first-order valence-corrected chi connectivity index (χ1v) is 7.97. The Kier molecular flexibility index (Phi) is 4.47. The van der Waals surface area contributed by atoms with E-state index in [1.165, 1.54) is 0 Å². The van der Waals surface area contributed by atoms with E-state index in [2.05, 4.69) is 10.3 Å². The van der Waals surface area contributed by atoms with Crippen molar-refractivity contribution in [3.05, 3.63) is 65.7 Å². The topological polar surface area (TPSA) is 45.2 Å². The fourth-order valence-corrected chi connectivity index (χ4v) is 2.62. The molecule has 0 radical (unpaired) electrons. The number of amides is 1. The van der Waals surface area contributed by atoms with Gasteiger partial charge in [0.25, 0.3) is 0 Å². The number of rotatable bonds is 4. The number of fused-ring (bicyclic) bond motifs is 1. The van der Waals surface area contributed by atoms with Crippen LogP contribution in [0.25, 0.3) is 10.9 Å². The molecule has 3 aromatic rings. The lowest BCUT2D eigenvalue weighted by atomic mass is 10.1. The Morgan fingerprint density at radius 2 is 1.88 bits per heavy atom. The normalized spacial score (nSPS) is 10.6. The zero-order valence-corrected chi connectivity index (χ0v) is 14.2. The van der Waals surface area contributed by atoms with Gasteiger partial charge in [0.05, 0.1) is 12.1 Å². The maximum Gasteiger partial charge on any atom is 0.243 e. The number of aryl methyl sites for hydroxylation is 2. The fourth-order valence-electron chi connectivity index (χ4n) is 2.62. The van der Waals surface area contributed by atoms with Gasteiger partial charge in [0.1, 0.15) is 5.82 Å². The van der Waals surface area contributed by atoms with E-state index in [4.69, 9.17) is 0 Å². The summed E-state index contributed by atoms with van der Waals surface area (Å²) in [7, 11) is 1.87. The molecule has 1 aromatic heterocycles. The highest BCUT2D eigenvalue weighted by Crippen LogP contribution is 2.18. The van der Waals surface area contributed by atoms with Crippen LogP contribution in [0.2, 0.25) is 0 Å². The van der Waals surface area contributed by atoms with Crippen molar-refractivity contribution < 1.29 is 4.79 Å². The van der Waals surface area contributed by atoms with Crippen LogP contribution in [-0.4, -0.2) is 24.5 Å². The Bertz CT molecular complexity index is 889. The van der Waals surface area contributed by atoms with Crippen LogP contribution >= 0.6 is 0 Å². The molecule has 0 saturated carbocycles. The summed E-state index contributed by atoms with van der Waals surface area (Å²) in [5, 5.41) is 4.07. The number of nitrogens with one attached hydrogen (secondary N) is 1. The number of pyridine rings is 1. The minimum absolute atomic E-state index is 0.0545. The van der Waals surface area contributed by atoms with Gasteiger partial charge < -0.3 is 10.2 Å². The summed E-state index contributed by atoms with van der Waals surface area (Å²) in [5.41, 5.74) is 3.97. The summed E-state index contributed by atoms with van der Waals surface area (Å²) in [4.78, 5) is 18.8. The van der Waals surface area contributed by atoms with E-state index in [0.717, 1.165) is 33.5 Å². The molecular weight excluding hydrogens is 298 g/mol. The largest absolute Gasteiger partial charge is 0.350 e. The molecule has 1 N–H and O–H groups in total. The number of anilines is 2. The molecule has 0 bridgehead atoms. The minimum atomic E-state index is -0.0545. The number of likely N-dealkylation sites (N-methyl/N-ethyl adjacent to an activating group) is 1. The summed E-state index contributed by atoms with van der Waals surface area (Å²) in [6.45, 7) is 4.25. The molecule has 0 fully saturated rings. The van der Waals surface area contributed by atoms with Crippen LogP contribution in [0.4, 0.5) is 11.5 Å². The van der Waals surface area contributed by atoms with E-state index < -0.39 is 0 Å². The molecule has 122 valence electrons. The summed E-state index contributed by atoms with van der Waals surface area (Å²) in [5.74, 6) is 0.728. The van der Waals surface area contributed by atoms with Crippen LogP contribution in [0.3, 0.4) is 0 Å². The van der Waals surface area contributed by atoms with Gasteiger partial charge >= 0.3 is 0 Å². The number of hydrogen-bond donors (Lipinski definition) is 1. The molecule has 1 amide bonds. The van der Waals surface area contributed by atoms with Gasteiger partial charge in [0.15, 0.2) is 0 Å². The van der Waals surface area contributed by atoms with Gasteiger partial charge in [-0.1, -0.05) is 30.3 Å². The van der Waals surface area contributed by atoms with E-state index in [1.807, 2.05) is 80.4 Å². The highest BCUT2D eigenvalue weighted by atomic mass is 16.2. The van der Waals surface area contributed by atoms with E-state index in [1.54, 1.807) is 0 Å². The molecule has 0 aliphatic rings. The summed E-state index contributed by atoms with van der Waals surface area (Å²) < 4.78 is 0. The van der Waals surface area contributed by atoms with E-state index in [9.17, 15) is 4.79 Å². The van der Waals surface area contributed by atoms with Gasteiger partial charge in [-0.25, -0.2) is 4.98 Å². The van der Waals surface area contributed by atoms with Crippen molar-refractivity contribution in [3.8, 4) is 0 Å². The quantitative estimate of drug-likeness (QED) is 0.792. The lowest BCUT2D eigenvalue weighted by molar-refractivity contribution is -0.114. The maximum atomic E-state index is 12.3. The predicted molar refractivity (Wildman–Crippen MR) is 99.6 cm³/mol. The zero-order valence-electron chi connectivity index (χ0n) is 14.2. The molecule has 0 aliphatic heterocycles. The number of hydrogen-bond acceptors (Lipinski definition) is 3. The Hall–Kier alpha value is -2.88. The van der Waals surface area contributed by atoms with Crippen LogP contribution in [0, 0.1) is 13.8 Å². The van der Waals surface area contributed by atoms with Crippen LogP contribution in [-0.2, 0) is 4.79 Å². The molecule has 2 aromatic carbocycles. The number of carbonyl (C=O) groups excluding carboxylic acids is 1. The number of aromatic nitrogens is 1. The molecule has 0 unspecified atom stereocenters. The van der Waals surface area contributed by atoms with E-state index in [-0.39, 0.29) is 12.5 Å². The van der Waals surface area contributed by atoms with Crippen molar-refractivity contribution in [3.63, 3.8) is 0 Å². The van der Waals surface area contributed by atoms with Gasteiger partial charge in [-0.05, 0) is 49.2 Å². The van der Waals surface area contributed by atoms with Crippen LogP contribution < -0.4 is 10.2 Å². The van der Waals surface area contributed by atoms with Crippen molar-refractivity contribution in [2.75, 3.05) is 23.8 Å². The molecule has 24 heavy (non-hydrogen) atoms. The van der Waals surface area contributed by atoms with Crippen molar-refractivity contribution >= 4 is 28.3 Å². The molecule has 3 rings (SSSR count). The van der Waals surface area contributed by atoms with E-state index >= 15 is 0 Å². The minimum Gasteiger partial charge on any atom is -0.350 e. The molecule has 1 heterocycles. The smallest absolute Gasteiger partial charge is 0.243 e. The average Bonchev–Trinajstić information content (AvgIpc) is 2.57. The molecule has 0 aliphatic carbocycles. The SMILES string of the molecule is Cc1ccc(C)c(NC(=O)CN(C)c2ccc3ccccc3n2)c1. The first-order chi connectivity index (χ1) is 11.5. The molecule has 0 spiro atoms. The Labute approximate surface area is 142 Å². The fraction of sp³-hybridized carbons (Fsp3) is 0.200. The summed E-state index contributed by atoms with van der Waals surface area (Å²) in [6, 6.07) is 18.0. The Morgan fingerprint density at radius 1 is 1.08 bits per heavy atom.